The number of amides is 1. The fourth-order valence-corrected chi connectivity index (χ4v) is 3.67. The van der Waals surface area contributed by atoms with Gasteiger partial charge in [0.05, 0.1) is 30.6 Å². The van der Waals surface area contributed by atoms with Crippen LogP contribution in [0.2, 0.25) is 0 Å². The molecule has 1 saturated heterocycles. The van der Waals surface area contributed by atoms with Crippen LogP contribution in [0, 0.1) is 18.7 Å². The van der Waals surface area contributed by atoms with Crippen LogP contribution in [0.25, 0.3) is 0 Å². The predicted octanol–water partition coefficient (Wildman–Crippen LogP) is 0.770. The van der Waals surface area contributed by atoms with Crippen molar-refractivity contribution in [2.45, 2.75) is 13.0 Å². The fourth-order valence-electron chi connectivity index (χ4n) is 2.50. The summed E-state index contributed by atoms with van der Waals surface area (Å²) in [6.45, 7) is 2.11. The quantitative estimate of drug-likeness (QED) is 0.856. The Balaban J connectivity index is 2.11. The molecule has 0 bridgehead atoms. The zero-order chi connectivity index (χ0) is 17.2. The van der Waals surface area contributed by atoms with Gasteiger partial charge in [-0.05, 0) is 18.6 Å². The van der Waals surface area contributed by atoms with E-state index >= 15 is 0 Å². The first-order valence-corrected chi connectivity index (χ1v) is 8.87. The molecule has 1 aliphatic rings. The van der Waals surface area contributed by atoms with Crippen LogP contribution in [-0.2, 0) is 14.8 Å². The fraction of sp³-hybridized carbons (Fsp3) is 0.533. The predicted molar refractivity (Wildman–Crippen MR) is 84.2 cm³/mol. The molecule has 1 aromatic carbocycles. The largest absolute Gasteiger partial charge is 0.379 e. The molecule has 0 radical (unpaired) electrons. The SMILES string of the molecule is Cc1cccc(F)c1C(=O)NC1COCC1CS(=O)(=O)N(C)C. The zero-order valence-corrected chi connectivity index (χ0v) is 14.2. The second-order valence-electron chi connectivity index (χ2n) is 5.87. The molecule has 8 heteroatoms. The minimum Gasteiger partial charge on any atom is -0.379 e. The van der Waals surface area contributed by atoms with Crippen LogP contribution in [-0.4, -0.2) is 57.7 Å². The molecule has 2 unspecified atom stereocenters. The summed E-state index contributed by atoms with van der Waals surface area (Å²) in [7, 11) is -0.484. The van der Waals surface area contributed by atoms with Crippen molar-refractivity contribution in [1.82, 2.24) is 9.62 Å². The summed E-state index contributed by atoms with van der Waals surface area (Å²) >= 11 is 0. The second kappa shape index (κ2) is 6.94. The van der Waals surface area contributed by atoms with Crippen molar-refractivity contribution in [3.8, 4) is 0 Å². The van der Waals surface area contributed by atoms with Gasteiger partial charge in [-0.2, -0.15) is 0 Å². The van der Waals surface area contributed by atoms with Gasteiger partial charge in [-0.3, -0.25) is 4.79 Å². The lowest BCUT2D eigenvalue weighted by Gasteiger charge is -2.21. The first-order chi connectivity index (χ1) is 10.7. The number of carbonyl (C=O) groups excluding carboxylic acids is 1. The number of nitrogens with one attached hydrogen (secondary N) is 1. The monoisotopic (exact) mass is 344 g/mol. The Hall–Kier alpha value is -1.51. The molecular weight excluding hydrogens is 323 g/mol. The molecule has 2 rings (SSSR count). The molecule has 2 atom stereocenters. The average Bonchev–Trinajstić information content (AvgIpc) is 2.84. The topological polar surface area (TPSA) is 75.7 Å². The van der Waals surface area contributed by atoms with Crippen LogP contribution in [0.4, 0.5) is 4.39 Å². The Labute approximate surface area is 135 Å². The van der Waals surface area contributed by atoms with Gasteiger partial charge in [0.15, 0.2) is 0 Å². The first kappa shape index (κ1) is 17.8. The number of rotatable bonds is 5. The number of ether oxygens (including phenoxy) is 1. The third-order valence-electron chi connectivity index (χ3n) is 3.94. The van der Waals surface area contributed by atoms with E-state index in [1.54, 1.807) is 13.0 Å². The summed E-state index contributed by atoms with van der Waals surface area (Å²) in [5, 5.41) is 2.70. The number of hydrogen-bond donors (Lipinski definition) is 1. The highest BCUT2D eigenvalue weighted by atomic mass is 32.2. The van der Waals surface area contributed by atoms with Crippen LogP contribution >= 0.6 is 0 Å². The van der Waals surface area contributed by atoms with Crippen molar-refractivity contribution in [2.75, 3.05) is 33.1 Å². The second-order valence-corrected chi connectivity index (χ2v) is 8.10. The third kappa shape index (κ3) is 4.07. The molecule has 128 valence electrons. The molecule has 1 N–H and O–H groups in total. The highest BCUT2D eigenvalue weighted by molar-refractivity contribution is 7.89. The van der Waals surface area contributed by atoms with E-state index in [4.69, 9.17) is 4.74 Å². The molecular formula is C15H21FN2O4S. The molecule has 1 aliphatic heterocycles. The summed E-state index contributed by atoms with van der Waals surface area (Å²) in [5.74, 6) is -1.64. The number of hydrogen-bond acceptors (Lipinski definition) is 4. The maximum Gasteiger partial charge on any atom is 0.254 e. The van der Waals surface area contributed by atoms with E-state index in [1.165, 1.54) is 26.2 Å². The summed E-state index contributed by atoms with van der Waals surface area (Å²) < 4.78 is 44.3. The molecule has 1 heterocycles. The molecule has 1 aromatic rings. The van der Waals surface area contributed by atoms with Gasteiger partial charge in [-0.25, -0.2) is 17.1 Å². The molecule has 0 spiro atoms. The van der Waals surface area contributed by atoms with Gasteiger partial charge in [0.25, 0.3) is 5.91 Å². The lowest BCUT2D eigenvalue weighted by atomic mass is 10.0. The molecule has 1 amide bonds. The lowest BCUT2D eigenvalue weighted by Crippen LogP contribution is -2.44. The van der Waals surface area contributed by atoms with Gasteiger partial charge in [0, 0.05) is 20.0 Å². The molecule has 0 aromatic heterocycles. The van der Waals surface area contributed by atoms with E-state index in [1.807, 2.05) is 0 Å². The lowest BCUT2D eigenvalue weighted by molar-refractivity contribution is 0.0921. The van der Waals surface area contributed by atoms with E-state index in [2.05, 4.69) is 5.32 Å². The van der Waals surface area contributed by atoms with Crippen molar-refractivity contribution in [2.24, 2.45) is 5.92 Å². The summed E-state index contributed by atoms with van der Waals surface area (Å²) in [6.07, 6.45) is 0. The van der Waals surface area contributed by atoms with Crippen LogP contribution < -0.4 is 5.32 Å². The highest BCUT2D eigenvalue weighted by Crippen LogP contribution is 2.19. The smallest absolute Gasteiger partial charge is 0.254 e. The van der Waals surface area contributed by atoms with E-state index in [0.29, 0.717) is 5.56 Å². The van der Waals surface area contributed by atoms with E-state index < -0.39 is 27.8 Å². The minimum absolute atomic E-state index is 0.0198. The van der Waals surface area contributed by atoms with Gasteiger partial charge in [0.1, 0.15) is 5.82 Å². The maximum atomic E-state index is 13.9. The number of sulfonamides is 1. The van der Waals surface area contributed by atoms with Gasteiger partial charge in [-0.1, -0.05) is 12.1 Å². The van der Waals surface area contributed by atoms with Crippen LogP contribution in [0.1, 0.15) is 15.9 Å². The Morgan fingerprint density at radius 3 is 2.70 bits per heavy atom. The number of nitrogens with zero attached hydrogens (tertiary/aromatic N) is 1. The minimum atomic E-state index is -3.40. The highest BCUT2D eigenvalue weighted by Gasteiger charge is 2.34. The third-order valence-corrected chi connectivity index (χ3v) is 5.91. The summed E-state index contributed by atoms with van der Waals surface area (Å²) in [5.41, 5.74) is 0.507. The molecule has 23 heavy (non-hydrogen) atoms. The molecule has 1 fully saturated rings. The molecule has 0 aliphatic carbocycles. The Bertz CT molecular complexity index is 670. The Morgan fingerprint density at radius 1 is 1.39 bits per heavy atom. The van der Waals surface area contributed by atoms with Crippen LogP contribution in [0.15, 0.2) is 18.2 Å². The normalized spacial score (nSPS) is 21.6. The Kier molecular flexibility index (Phi) is 5.38. The van der Waals surface area contributed by atoms with E-state index in [-0.39, 0.29) is 30.4 Å². The van der Waals surface area contributed by atoms with E-state index in [0.717, 1.165) is 4.31 Å². The number of benzene rings is 1. The van der Waals surface area contributed by atoms with Gasteiger partial charge < -0.3 is 10.1 Å². The van der Waals surface area contributed by atoms with Crippen molar-refractivity contribution in [3.63, 3.8) is 0 Å². The summed E-state index contributed by atoms with van der Waals surface area (Å²) in [6, 6.07) is 3.95. The van der Waals surface area contributed by atoms with Crippen molar-refractivity contribution >= 4 is 15.9 Å². The Morgan fingerprint density at radius 2 is 2.09 bits per heavy atom. The van der Waals surface area contributed by atoms with Gasteiger partial charge in [0.2, 0.25) is 10.0 Å². The average molecular weight is 344 g/mol. The van der Waals surface area contributed by atoms with Crippen LogP contribution in [0.3, 0.4) is 0 Å². The van der Waals surface area contributed by atoms with E-state index in [9.17, 15) is 17.6 Å². The van der Waals surface area contributed by atoms with Crippen molar-refractivity contribution < 1.29 is 22.3 Å². The van der Waals surface area contributed by atoms with Crippen molar-refractivity contribution in [1.29, 1.82) is 0 Å². The zero-order valence-electron chi connectivity index (χ0n) is 13.4. The molecule has 0 saturated carbocycles. The van der Waals surface area contributed by atoms with Crippen LogP contribution in [0.5, 0.6) is 0 Å². The first-order valence-electron chi connectivity index (χ1n) is 7.26. The maximum absolute atomic E-state index is 13.9. The van der Waals surface area contributed by atoms with Crippen molar-refractivity contribution in [3.05, 3.63) is 35.1 Å². The standard InChI is InChI=1S/C15H21FN2O4S/c1-10-5-4-6-12(16)14(10)15(19)17-13-8-22-7-11(13)9-23(20,21)18(2)3/h4-6,11,13H,7-9H2,1-3H3,(H,17,19). The number of halogens is 1. The summed E-state index contributed by atoms with van der Waals surface area (Å²) in [4.78, 5) is 12.3. The molecule has 6 nitrogen and oxygen atoms in total. The number of aryl methyl sites for hydroxylation is 1. The number of carbonyl (C=O) groups is 1. The van der Waals surface area contributed by atoms with Gasteiger partial charge in [-0.15, -0.1) is 0 Å². The van der Waals surface area contributed by atoms with Gasteiger partial charge >= 0.3 is 0 Å².